The first-order valence-corrected chi connectivity index (χ1v) is 6.88. The molecule has 2 aliphatic rings. The number of hydrogen-bond acceptors (Lipinski definition) is 3. The summed E-state index contributed by atoms with van der Waals surface area (Å²) in [6, 6.07) is 0. The molecule has 0 aromatic rings. The van der Waals surface area contributed by atoms with Crippen LogP contribution in [0.5, 0.6) is 0 Å². The molecule has 0 bridgehead atoms. The molecule has 18 heavy (non-hydrogen) atoms. The van der Waals surface area contributed by atoms with Gasteiger partial charge in [-0.1, -0.05) is 0 Å². The summed E-state index contributed by atoms with van der Waals surface area (Å²) in [5.74, 6) is 1.42. The van der Waals surface area contributed by atoms with Crippen molar-refractivity contribution in [2.45, 2.75) is 26.2 Å². The number of piperidine rings is 1. The molecule has 102 valence electrons. The fraction of sp³-hybridized carbons (Fsp3) is 0.846. The third-order valence-corrected chi connectivity index (χ3v) is 3.94. The first-order chi connectivity index (χ1) is 8.65. The molecule has 2 saturated heterocycles. The van der Waals surface area contributed by atoms with Crippen LogP contribution in [0.4, 0.5) is 0 Å². The zero-order valence-corrected chi connectivity index (χ0v) is 11.1. The van der Waals surface area contributed by atoms with Crippen LogP contribution >= 0.6 is 0 Å². The van der Waals surface area contributed by atoms with E-state index >= 15 is 0 Å². The number of hydrogen-bond donors (Lipinski definition) is 2. The van der Waals surface area contributed by atoms with Crippen LogP contribution in [0.2, 0.25) is 0 Å². The summed E-state index contributed by atoms with van der Waals surface area (Å²) >= 11 is 0. The number of rotatable bonds is 4. The zero-order valence-electron chi connectivity index (χ0n) is 11.1. The smallest absolute Gasteiger partial charge is 0.222 e. The predicted octanol–water partition coefficient (Wildman–Crippen LogP) is -0.0294. The second-order valence-electron chi connectivity index (χ2n) is 5.49. The Morgan fingerprint density at radius 3 is 2.39 bits per heavy atom. The largest absolute Gasteiger partial charge is 0.356 e. The molecule has 0 saturated carbocycles. The highest BCUT2D eigenvalue weighted by Gasteiger charge is 2.26. The normalized spacial score (nSPS) is 21.5. The van der Waals surface area contributed by atoms with Crippen molar-refractivity contribution in [2.24, 2.45) is 11.8 Å². The fourth-order valence-corrected chi connectivity index (χ4v) is 2.54. The maximum atomic E-state index is 12.0. The summed E-state index contributed by atoms with van der Waals surface area (Å²) in [7, 11) is 0. The standard InChI is InChI=1S/C13H23N3O2/c1-10(17)15-9-11-2-4-16(5-3-11)13(18)6-12-7-14-8-12/h11-12,14H,2-9H2,1H3,(H,15,17). The Hall–Kier alpha value is -1.10. The average molecular weight is 253 g/mol. The van der Waals surface area contributed by atoms with Gasteiger partial charge in [0, 0.05) is 33.0 Å². The van der Waals surface area contributed by atoms with Crippen molar-refractivity contribution in [3.8, 4) is 0 Å². The van der Waals surface area contributed by atoms with E-state index < -0.39 is 0 Å². The van der Waals surface area contributed by atoms with E-state index in [0.29, 0.717) is 24.2 Å². The molecule has 5 nitrogen and oxygen atoms in total. The third-order valence-electron chi connectivity index (χ3n) is 3.94. The molecule has 5 heteroatoms. The lowest BCUT2D eigenvalue weighted by atomic mass is 9.94. The summed E-state index contributed by atoms with van der Waals surface area (Å²) in [5, 5.41) is 6.05. The van der Waals surface area contributed by atoms with Gasteiger partial charge in [0.15, 0.2) is 0 Å². The SMILES string of the molecule is CC(=O)NCC1CCN(C(=O)CC2CNC2)CC1. The van der Waals surface area contributed by atoms with Gasteiger partial charge in [-0.2, -0.15) is 0 Å². The minimum absolute atomic E-state index is 0.0333. The monoisotopic (exact) mass is 253 g/mol. The van der Waals surface area contributed by atoms with E-state index in [0.717, 1.165) is 45.6 Å². The highest BCUT2D eigenvalue weighted by atomic mass is 16.2. The highest BCUT2D eigenvalue weighted by molar-refractivity contribution is 5.76. The Labute approximate surface area is 108 Å². The van der Waals surface area contributed by atoms with Gasteiger partial charge in [-0.3, -0.25) is 9.59 Å². The molecule has 2 heterocycles. The van der Waals surface area contributed by atoms with Crippen molar-refractivity contribution in [3.05, 3.63) is 0 Å². The molecule has 0 atom stereocenters. The highest BCUT2D eigenvalue weighted by Crippen LogP contribution is 2.19. The van der Waals surface area contributed by atoms with E-state index in [2.05, 4.69) is 10.6 Å². The molecule has 2 amide bonds. The van der Waals surface area contributed by atoms with Crippen molar-refractivity contribution in [2.75, 3.05) is 32.7 Å². The Morgan fingerprint density at radius 1 is 1.22 bits per heavy atom. The summed E-state index contributed by atoms with van der Waals surface area (Å²) < 4.78 is 0. The Bertz CT molecular complexity index is 307. The van der Waals surface area contributed by atoms with Crippen LogP contribution in [-0.2, 0) is 9.59 Å². The third kappa shape index (κ3) is 3.70. The molecule has 2 N–H and O–H groups in total. The van der Waals surface area contributed by atoms with E-state index in [1.54, 1.807) is 6.92 Å². The molecule has 0 aromatic carbocycles. The zero-order chi connectivity index (χ0) is 13.0. The van der Waals surface area contributed by atoms with Gasteiger partial charge >= 0.3 is 0 Å². The van der Waals surface area contributed by atoms with Gasteiger partial charge in [-0.25, -0.2) is 0 Å². The molecular formula is C13H23N3O2. The lowest BCUT2D eigenvalue weighted by Gasteiger charge is -2.34. The number of nitrogens with one attached hydrogen (secondary N) is 2. The van der Waals surface area contributed by atoms with E-state index in [9.17, 15) is 9.59 Å². The van der Waals surface area contributed by atoms with Gasteiger partial charge in [0.05, 0.1) is 0 Å². The number of carbonyl (C=O) groups is 2. The number of nitrogens with zero attached hydrogens (tertiary/aromatic N) is 1. The van der Waals surface area contributed by atoms with Crippen LogP contribution in [0.25, 0.3) is 0 Å². The molecule has 2 fully saturated rings. The molecular weight excluding hydrogens is 230 g/mol. The van der Waals surface area contributed by atoms with Crippen molar-refractivity contribution >= 4 is 11.8 Å². The minimum Gasteiger partial charge on any atom is -0.356 e. The average Bonchev–Trinajstić information content (AvgIpc) is 2.31. The summed E-state index contributed by atoms with van der Waals surface area (Å²) in [6.45, 7) is 5.98. The van der Waals surface area contributed by atoms with Crippen LogP contribution in [0.3, 0.4) is 0 Å². The first kappa shape index (κ1) is 13.3. The second kappa shape index (κ2) is 6.18. The van der Waals surface area contributed by atoms with Gasteiger partial charge in [0.25, 0.3) is 0 Å². The summed E-state index contributed by atoms with van der Waals surface area (Å²) in [4.78, 5) is 24.8. The van der Waals surface area contributed by atoms with Crippen molar-refractivity contribution in [1.29, 1.82) is 0 Å². The van der Waals surface area contributed by atoms with Crippen molar-refractivity contribution < 1.29 is 9.59 Å². The van der Waals surface area contributed by atoms with Crippen LogP contribution < -0.4 is 10.6 Å². The van der Waals surface area contributed by atoms with Gasteiger partial charge in [-0.05, 0) is 37.8 Å². The van der Waals surface area contributed by atoms with Gasteiger partial charge in [0.1, 0.15) is 0 Å². The van der Waals surface area contributed by atoms with Gasteiger partial charge in [0.2, 0.25) is 11.8 Å². The molecule has 0 aromatic heterocycles. The quantitative estimate of drug-likeness (QED) is 0.739. The number of carbonyl (C=O) groups excluding carboxylic acids is 2. The van der Waals surface area contributed by atoms with E-state index in [-0.39, 0.29) is 5.91 Å². The predicted molar refractivity (Wildman–Crippen MR) is 69.0 cm³/mol. The van der Waals surface area contributed by atoms with Gasteiger partial charge < -0.3 is 15.5 Å². The lowest BCUT2D eigenvalue weighted by Crippen LogP contribution is -2.47. The molecule has 0 aliphatic carbocycles. The summed E-state index contributed by atoms with van der Waals surface area (Å²) in [5.41, 5.74) is 0. The minimum atomic E-state index is 0.0333. The fourth-order valence-electron chi connectivity index (χ4n) is 2.54. The maximum absolute atomic E-state index is 12.0. The van der Waals surface area contributed by atoms with Crippen molar-refractivity contribution in [3.63, 3.8) is 0 Å². The number of amides is 2. The molecule has 0 spiro atoms. The van der Waals surface area contributed by atoms with Crippen LogP contribution in [0, 0.1) is 11.8 Å². The molecule has 2 aliphatic heterocycles. The Balaban J connectivity index is 1.65. The summed E-state index contributed by atoms with van der Waals surface area (Å²) in [6.07, 6.45) is 2.72. The topological polar surface area (TPSA) is 61.4 Å². The van der Waals surface area contributed by atoms with Gasteiger partial charge in [-0.15, -0.1) is 0 Å². The molecule has 0 radical (unpaired) electrons. The van der Waals surface area contributed by atoms with Crippen LogP contribution in [0.15, 0.2) is 0 Å². The first-order valence-electron chi connectivity index (χ1n) is 6.88. The van der Waals surface area contributed by atoms with Crippen molar-refractivity contribution in [1.82, 2.24) is 15.5 Å². The van der Waals surface area contributed by atoms with Crippen LogP contribution in [-0.4, -0.2) is 49.4 Å². The maximum Gasteiger partial charge on any atom is 0.222 e. The Morgan fingerprint density at radius 2 is 1.89 bits per heavy atom. The van der Waals surface area contributed by atoms with Crippen LogP contribution in [0.1, 0.15) is 26.2 Å². The Kier molecular flexibility index (Phi) is 4.58. The molecule has 0 unspecified atom stereocenters. The second-order valence-corrected chi connectivity index (χ2v) is 5.49. The van der Waals surface area contributed by atoms with E-state index in [1.807, 2.05) is 4.90 Å². The lowest BCUT2D eigenvalue weighted by molar-refractivity contribution is -0.134. The number of likely N-dealkylation sites (tertiary alicyclic amines) is 1. The van der Waals surface area contributed by atoms with E-state index in [1.165, 1.54) is 0 Å². The molecule has 2 rings (SSSR count). The van der Waals surface area contributed by atoms with E-state index in [4.69, 9.17) is 0 Å².